The van der Waals surface area contributed by atoms with Gasteiger partial charge in [0.05, 0.1) is 0 Å². The van der Waals surface area contributed by atoms with Gasteiger partial charge >= 0.3 is 0 Å². The molecular weight excluding hydrogens is 122 g/mol. The van der Waals surface area contributed by atoms with Crippen molar-refractivity contribution in [3.05, 3.63) is 0 Å². The van der Waals surface area contributed by atoms with Crippen LogP contribution in [-0.2, 0) is 4.57 Å². The summed E-state index contributed by atoms with van der Waals surface area (Å²) >= 11 is 0. The van der Waals surface area contributed by atoms with Gasteiger partial charge < -0.3 is 4.89 Å². The summed E-state index contributed by atoms with van der Waals surface area (Å²) in [6, 6.07) is 0. The van der Waals surface area contributed by atoms with Crippen LogP contribution in [0.15, 0.2) is 0 Å². The van der Waals surface area contributed by atoms with Gasteiger partial charge in [0.2, 0.25) is 0 Å². The Morgan fingerprint density at radius 2 is 1.86 bits per heavy atom. The molecule has 0 saturated carbocycles. The monoisotopic (exact) mass is 131 g/mol. The average Bonchev–Trinajstić information content (AvgIpc) is 1.35. The first-order valence-corrected chi connectivity index (χ1v) is 4.15. The van der Waals surface area contributed by atoms with Crippen LogP contribution in [0.4, 0.5) is 0 Å². The third-order valence-electron chi connectivity index (χ3n) is 0.587. The molecule has 0 bridgehead atoms. The molecule has 7 heavy (non-hydrogen) atoms. The summed E-state index contributed by atoms with van der Waals surface area (Å²) in [5.74, 6) is 0. The van der Waals surface area contributed by atoms with Crippen molar-refractivity contribution >= 4 is 36.9 Å². The van der Waals surface area contributed by atoms with Crippen molar-refractivity contribution in [1.29, 1.82) is 0 Å². The minimum absolute atomic E-state index is 0. The maximum Gasteiger partial charge on any atom is 0.197 e. The Hall–Kier alpha value is 1.19. The Bertz CT molecular complexity index is 77.0. The molecule has 1 atom stereocenters. The summed E-state index contributed by atoms with van der Waals surface area (Å²) in [7, 11) is -2.65. The Kier molecular flexibility index (Phi) is 6.48. The zero-order chi connectivity index (χ0) is 5.21. The molecule has 0 saturated heterocycles. The van der Waals surface area contributed by atoms with Crippen molar-refractivity contribution in [2.45, 2.75) is 6.92 Å². The van der Waals surface area contributed by atoms with E-state index in [-0.39, 0.29) is 29.6 Å². The fraction of sp³-hybridized carbons (Fsp3) is 1.00. The van der Waals surface area contributed by atoms with Crippen molar-refractivity contribution in [2.75, 3.05) is 12.8 Å². The van der Waals surface area contributed by atoms with E-state index < -0.39 is 7.37 Å². The fourth-order valence-corrected chi connectivity index (χ4v) is 0. The SMILES string of the molecule is CCP(C)(=O)O.[Na]. The van der Waals surface area contributed by atoms with E-state index in [0.29, 0.717) is 6.16 Å². The van der Waals surface area contributed by atoms with Crippen LogP contribution in [0.3, 0.4) is 0 Å². The van der Waals surface area contributed by atoms with E-state index in [9.17, 15) is 4.57 Å². The van der Waals surface area contributed by atoms with Gasteiger partial charge in [-0.1, -0.05) is 6.92 Å². The summed E-state index contributed by atoms with van der Waals surface area (Å²) < 4.78 is 10.1. The molecule has 1 radical (unpaired) electrons. The Morgan fingerprint density at radius 3 is 1.86 bits per heavy atom. The summed E-state index contributed by atoms with van der Waals surface area (Å²) in [6.45, 7) is 3.05. The molecule has 0 aromatic heterocycles. The maximum absolute atomic E-state index is 10.1. The van der Waals surface area contributed by atoms with E-state index >= 15 is 0 Å². The van der Waals surface area contributed by atoms with E-state index in [4.69, 9.17) is 4.89 Å². The molecular formula is C3H9NaO2P. The molecule has 0 spiro atoms. The van der Waals surface area contributed by atoms with Crippen LogP contribution in [-0.4, -0.2) is 47.3 Å². The topological polar surface area (TPSA) is 37.3 Å². The largest absolute Gasteiger partial charge is 0.344 e. The van der Waals surface area contributed by atoms with Crippen molar-refractivity contribution in [3.8, 4) is 0 Å². The van der Waals surface area contributed by atoms with Crippen LogP contribution in [0.2, 0.25) is 0 Å². The number of hydrogen-bond acceptors (Lipinski definition) is 1. The predicted octanol–water partition coefficient (Wildman–Crippen LogP) is 0.526. The van der Waals surface area contributed by atoms with Crippen LogP contribution >= 0.6 is 7.37 Å². The van der Waals surface area contributed by atoms with E-state index in [1.54, 1.807) is 6.92 Å². The van der Waals surface area contributed by atoms with Crippen LogP contribution in [0.25, 0.3) is 0 Å². The van der Waals surface area contributed by atoms with E-state index in [1.165, 1.54) is 6.66 Å². The van der Waals surface area contributed by atoms with E-state index in [0.717, 1.165) is 0 Å². The first-order chi connectivity index (χ1) is 2.56. The third-order valence-corrected chi connectivity index (χ3v) is 1.76. The van der Waals surface area contributed by atoms with Crippen LogP contribution < -0.4 is 0 Å². The molecule has 0 fully saturated rings. The molecule has 4 heteroatoms. The van der Waals surface area contributed by atoms with Gasteiger partial charge in [0, 0.05) is 42.4 Å². The Morgan fingerprint density at radius 1 is 1.71 bits per heavy atom. The number of hydrogen-bond donors (Lipinski definition) is 1. The molecule has 0 aromatic carbocycles. The van der Waals surface area contributed by atoms with Crippen LogP contribution in [0, 0.1) is 0 Å². The number of rotatable bonds is 1. The van der Waals surface area contributed by atoms with Crippen molar-refractivity contribution in [3.63, 3.8) is 0 Å². The molecule has 0 aromatic rings. The molecule has 0 heterocycles. The molecule has 0 aliphatic carbocycles. The van der Waals surface area contributed by atoms with Crippen LogP contribution in [0.5, 0.6) is 0 Å². The molecule has 0 rings (SSSR count). The van der Waals surface area contributed by atoms with Gasteiger partial charge in [-0.05, 0) is 0 Å². The van der Waals surface area contributed by atoms with Gasteiger partial charge in [0.1, 0.15) is 0 Å². The van der Waals surface area contributed by atoms with E-state index in [2.05, 4.69) is 0 Å². The van der Waals surface area contributed by atoms with Gasteiger partial charge in [0.15, 0.2) is 7.37 Å². The predicted molar refractivity (Wildman–Crippen MR) is 32.0 cm³/mol. The van der Waals surface area contributed by atoms with Gasteiger partial charge in [-0.3, -0.25) is 4.57 Å². The summed E-state index contributed by atoms with van der Waals surface area (Å²) in [5.41, 5.74) is 0. The smallest absolute Gasteiger partial charge is 0.197 e. The summed E-state index contributed by atoms with van der Waals surface area (Å²) in [4.78, 5) is 8.38. The fourth-order valence-electron chi connectivity index (χ4n) is 0. The quantitative estimate of drug-likeness (QED) is 0.416. The van der Waals surface area contributed by atoms with Crippen molar-refractivity contribution in [2.24, 2.45) is 0 Å². The normalized spacial score (nSPS) is 17.0. The van der Waals surface area contributed by atoms with Gasteiger partial charge in [-0.25, -0.2) is 0 Å². The first kappa shape index (κ1) is 11.0. The average molecular weight is 131 g/mol. The Balaban J connectivity index is 0. The zero-order valence-electron chi connectivity index (χ0n) is 5.01. The van der Waals surface area contributed by atoms with E-state index in [1.807, 2.05) is 0 Å². The molecule has 0 amide bonds. The minimum Gasteiger partial charge on any atom is -0.344 e. The van der Waals surface area contributed by atoms with Gasteiger partial charge in [0.25, 0.3) is 0 Å². The molecule has 1 unspecified atom stereocenters. The second-order valence-electron chi connectivity index (χ2n) is 1.37. The zero-order valence-corrected chi connectivity index (χ0v) is 7.90. The molecule has 1 N–H and O–H groups in total. The second kappa shape index (κ2) is 4.11. The maximum atomic E-state index is 10.1. The van der Waals surface area contributed by atoms with Gasteiger partial charge in [-0.15, -0.1) is 0 Å². The summed E-state index contributed by atoms with van der Waals surface area (Å²) in [5, 5.41) is 0. The van der Waals surface area contributed by atoms with Crippen molar-refractivity contribution < 1.29 is 9.46 Å². The summed E-state index contributed by atoms with van der Waals surface area (Å²) in [6.07, 6.45) is 0.382. The molecule has 0 aliphatic rings. The van der Waals surface area contributed by atoms with Gasteiger partial charge in [-0.2, -0.15) is 0 Å². The molecule has 0 aliphatic heterocycles. The molecule has 39 valence electrons. The standard InChI is InChI=1S/C3H9O2P.Na/c1-3-6(2,4)5;/h3H2,1-2H3,(H,4,5);. The Labute approximate surface area is 66.1 Å². The minimum atomic E-state index is -2.65. The second-order valence-corrected chi connectivity index (χ2v) is 4.10. The molecule has 2 nitrogen and oxygen atoms in total. The first-order valence-electron chi connectivity index (χ1n) is 1.85. The van der Waals surface area contributed by atoms with Crippen LogP contribution in [0.1, 0.15) is 6.92 Å². The third kappa shape index (κ3) is 11.0. The van der Waals surface area contributed by atoms with Crippen molar-refractivity contribution in [1.82, 2.24) is 0 Å².